The first kappa shape index (κ1) is 13.6. The highest BCUT2D eigenvalue weighted by Gasteiger charge is 2.43. The SMILES string of the molecule is CC(C)(C)OC(=O)N1C2CCC1CN(CCN)C2. The lowest BCUT2D eigenvalue weighted by molar-refractivity contribution is -0.00392. The van der Waals surface area contributed by atoms with Crippen LogP contribution in [0.3, 0.4) is 0 Å². The van der Waals surface area contributed by atoms with Crippen LogP contribution < -0.4 is 5.73 Å². The first-order chi connectivity index (χ1) is 8.40. The van der Waals surface area contributed by atoms with E-state index in [-0.39, 0.29) is 6.09 Å². The fourth-order valence-corrected chi connectivity index (χ4v) is 2.97. The summed E-state index contributed by atoms with van der Waals surface area (Å²) in [5.41, 5.74) is 5.19. The Kier molecular flexibility index (Phi) is 3.82. The van der Waals surface area contributed by atoms with Gasteiger partial charge < -0.3 is 10.5 Å². The van der Waals surface area contributed by atoms with Crippen molar-refractivity contribution in [2.24, 2.45) is 5.73 Å². The van der Waals surface area contributed by atoms with Crippen molar-refractivity contribution in [2.45, 2.75) is 51.3 Å². The Morgan fingerprint density at radius 1 is 1.28 bits per heavy atom. The summed E-state index contributed by atoms with van der Waals surface area (Å²) in [5.74, 6) is 0. The van der Waals surface area contributed by atoms with Crippen LogP contribution in [0.15, 0.2) is 0 Å². The fraction of sp³-hybridized carbons (Fsp3) is 0.923. The lowest BCUT2D eigenvalue weighted by atomic mass is 10.2. The fourth-order valence-electron chi connectivity index (χ4n) is 2.97. The van der Waals surface area contributed by atoms with Crippen LogP contribution in [0.1, 0.15) is 33.6 Å². The number of hydrogen-bond acceptors (Lipinski definition) is 4. The monoisotopic (exact) mass is 255 g/mol. The quantitative estimate of drug-likeness (QED) is 0.800. The van der Waals surface area contributed by atoms with Gasteiger partial charge in [0.05, 0.1) is 0 Å². The van der Waals surface area contributed by atoms with Gasteiger partial charge in [0.25, 0.3) is 0 Å². The van der Waals surface area contributed by atoms with Gasteiger partial charge >= 0.3 is 6.09 Å². The van der Waals surface area contributed by atoms with Crippen molar-refractivity contribution in [2.75, 3.05) is 26.2 Å². The molecule has 0 saturated carbocycles. The Morgan fingerprint density at radius 2 is 1.83 bits per heavy atom. The molecule has 104 valence electrons. The third-order valence-corrected chi connectivity index (χ3v) is 3.61. The van der Waals surface area contributed by atoms with Gasteiger partial charge in [-0.2, -0.15) is 0 Å². The molecule has 0 aliphatic carbocycles. The topological polar surface area (TPSA) is 58.8 Å². The molecule has 2 saturated heterocycles. The molecule has 1 amide bonds. The Hall–Kier alpha value is -0.810. The van der Waals surface area contributed by atoms with Crippen molar-refractivity contribution in [1.29, 1.82) is 0 Å². The van der Waals surface area contributed by atoms with Crippen molar-refractivity contribution >= 4 is 6.09 Å². The summed E-state index contributed by atoms with van der Waals surface area (Å²) in [6.07, 6.45) is 2.03. The first-order valence-electron chi connectivity index (χ1n) is 6.84. The molecule has 5 heteroatoms. The highest BCUT2D eigenvalue weighted by Crippen LogP contribution is 2.31. The molecule has 2 heterocycles. The van der Waals surface area contributed by atoms with Gasteiger partial charge in [0, 0.05) is 38.3 Å². The van der Waals surface area contributed by atoms with Crippen LogP contribution in [0.4, 0.5) is 4.79 Å². The van der Waals surface area contributed by atoms with Crippen molar-refractivity contribution in [3.8, 4) is 0 Å². The molecule has 0 aromatic heterocycles. The number of hydrogen-bond donors (Lipinski definition) is 1. The van der Waals surface area contributed by atoms with E-state index in [0.717, 1.165) is 32.5 Å². The molecule has 2 N–H and O–H groups in total. The Morgan fingerprint density at radius 3 is 2.28 bits per heavy atom. The third-order valence-electron chi connectivity index (χ3n) is 3.61. The molecule has 2 aliphatic rings. The average molecular weight is 255 g/mol. The minimum absolute atomic E-state index is 0.151. The van der Waals surface area contributed by atoms with Crippen LogP contribution >= 0.6 is 0 Å². The largest absolute Gasteiger partial charge is 0.444 e. The lowest BCUT2D eigenvalue weighted by Gasteiger charge is -2.41. The molecule has 2 unspecified atom stereocenters. The first-order valence-corrected chi connectivity index (χ1v) is 6.84. The second kappa shape index (κ2) is 5.05. The maximum Gasteiger partial charge on any atom is 0.410 e. The Bertz CT molecular complexity index is 300. The highest BCUT2D eigenvalue weighted by atomic mass is 16.6. The van der Waals surface area contributed by atoms with Crippen molar-refractivity contribution in [3.63, 3.8) is 0 Å². The van der Waals surface area contributed by atoms with Crippen molar-refractivity contribution < 1.29 is 9.53 Å². The number of fused-ring (bicyclic) bond motifs is 2. The van der Waals surface area contributed by atoms with Gasteiger partial charge in [0.15, 0.2) is 0 Å². The standard InChI is InChI=1S/C13H25N3O2/c1-13(2,3)18-12(17)16-10-4-5-11(16)9-15(8-10)7-6-14/h10-11H,4-9,14H2,1-3H3. The van der Waals surface area contributed by atoms with E-state index in [1.165, 1.54) is 0 Å². The van der Waals surface area contributed by atoms with Gasteiger partial charge in [-0.05, 0) is 33.6 Å². The summed E-state index contributed by atoms with van der Waals surface area (Å²) in [4.78, 5) is 16.5. The number of amides is 1. The predicted octanol–water partition coefficient (Wildman–Crippen LogP) is 1.03. The Labute approximate surface area is 109 Å². The predicted molar refractivity (Wildman–Crippen MR) is 70.4 cm³/mol. The van der Waals surface area contributed by atoms with Gasteiger partial charge in [-0.3, -0.25) is 9.80 Å². The second-order valence-corrected chi connectivity index (χ2v) is 6.32. The third kappa shape index (κ3) is 2.95. The summed E-state index contributed by atoms with van der Waals surface area (Å²) in [5, 5.41) is 0. The van der Waals surface area contributed by atoms with Crippen LogP contribution in [0, 0.1) is 0 Å². The van der Waals surface area contributed by atoms with E-state index in [4.69, 9.17) is 10.5 Å². The van der Waals surface area contributed by atoms with E-state index in [0.29, 0.717) is 18.6 Å². The Balaban J connectivity index is 1.98. The van der Waals surface area contributed by atoms with E-state index in [1.54, 1.807) is 0 Å². The zero-order chi connectivity index (χ0) is 13.3. The van der Waals surface area contributed by atoms with Gasteiger partial charge in [-0.15, -0.1) is 0 Å². The molecule has 0 radical (unpaired) electrons. The number of likely N-dealkylation sites (tertiary alicyclic amines) is 1. The van der Waals surface area contributed by atoms with Gasteiger partial charge in [-0.25, -0.2) is 4.79 Å². The molecule has 2 aliphatic heterocycles. The summed E-state index contributed by atoms with van der Waals surface area (Å²) in [6, 6.07) is 0.621. The van der Waals surface area contributed by atoms with Crippen molar-refractivity contribution in [1.82, 2.24) is 9.80 Å². The van der Waals surface area contributed by atoms with E-state index < -0.39 is 5.60 Å². The van der Waals surface area contributed by atoms with E-state index >= 15 is 0 Å². The summed E-state index contributed by atoms with van der Waals surface area (Å²) >= 11 is 0. The molecule has 0 aromatic rings. The normalized spacial score (nSPS) is 28.6. The number of nitrogens with zero attached hydrogens (tertiary/aromatic N) is 2. The molecule has 2 rings (SSSR count). The summed E-state index contributed by atoms with van der Waals surface area (Å²) in [7, 11) is 0. The van der Waals surface area contributed by atoms with Crippen LogP contribution in [0.25, 0.3) is 0 Å². The molecule has 5 nitrogen and oxygen atoms in total. The average Bonchev–Trinajstić information content (AvgIpc) is 2.49. The number of nitrogens with two attached hydrogens (primary N) is 1. The maximum atomic E-state index is 12.2. The second-order valence-electron chi connectivity index (χ2n) is 6.32. The molecule has 2 atom stereocenters. The molecular formula is C13H25N3O2. The number of carbonyl (C=O) groups is 1. The summed E-state index contributed by atoms with van der Waals surface area (Å²) < 4.78 is 5.50. The smallest absolute Gasteiger partial charge is 0.410 e. The molecule has 0 aromatic carbocycles. The number of ether oxygens (including phenoxy) is 1. The van der Waals surface area contributed by atoms with Crippen LogP contribution in [-0.2, 0) is 4.74 Å². The van der Waals surface area contributed by atoms with E-state index in [1.807, 2.05) is 25.7 Å². The minimum Gasteiger partial charge on any atom is -0.444 e. The van der Waals surface area contributed by atoms with Crippen LogP contribution in [0.5, 0.6) is 0 Å². The lowest BCUT2D eigenvalue weighted by Crippen LogP contribution is -2.57. The highest BCUT2D eigenvalue weighted by molar-refractivity contribution is 5.69. The molecule has 2 fully saturated rings. The molecule has 18 heavy (non-hydrogen) atoms. The number of piperazine rings is 1. The zero-order valence-electron chi connectivity index (χ0n) is 11.7. The maximum absolute atomic E-state index is 12.2. The number of carbonyl (C=O) groups excluding carboxylic acids is 1. The number of rotatable bonds is 2. The summed E-state index contributed by atoms with van der Waals surface area (Å²) in [6.45, 7) is 9.23. The molecule has 0 spiro atoms. The van der Waals surface area contributed by atoms with Crippen LogP contribution in [-0.4, -0.2) is 59.8 Å². The molecular weight excluding hydrogens is 230 g/mol. The van der Waals surface area contributed by atoms with Gasteiger partial charge in [0.1, 0.15) is 5.60 Å². The van der Waals surface area contributed by atoms with Crippen LogP contribution in [0.2, 0.25) is 0 Å². The van der Waals surface area contributed by atoms with E-state index in [2.05, 4.69) is 4.90 Å². The van der Waals surface area contributed by atoms with E-state index in [9.17, 15) is 4.79 Å². The van der Waals surface area contributed by atoms with Gasteiger partial charge in [0.2, 0.25) is 0 Å². The van der Waals surface area contributed by atoms with Crippen molar-refractivity contribution in [3.05, 3.63) is 0 Å². The molecule has 2 bridgehead atoms. The zero-order valence-corrected chi connectivity index (χ0v) is 11.7. The minimum atomic E-state index is -0.412. The van der Waals surface area contributed by atoms with Gasteiger partial charge in [-0.1, -0.05) is 0 Å².